The van der Waals surface area contributed by atoms with Crippen LogP contribution in [0.25, 0.3) is 22.3 Å². The van der Waals surface area contributed by atoms with Gasteiger partial charge in [-0.3, -0.25) is 47.9 Å². The van der Waals surface area contributed by atoms with Crippen molar-refractivity contribution in [3.05, 3.63) is 73.8 Å². The first-order valence-corrected chi connectivity index (χ1v) is 28.8. The zero-order valence-corrected chi connectivity index (χ0v) is 48.6. The van der Waals surface area contributed by atoms with E-state index in [9.17, 15) is 63.0 Å². The number of benzene rings is 1. The van der Waals surface area contributed by atoms with Crippen LogP contribution in [-0.2, 0) is 96.8 Å². The third kappa shape index (κ3) is 15.8. The Hall–Kier alpha value is -8.36. The Balaban J connectivity index is 0.672. The van der Waals surface area contributed by atoms with Crippen molar-refractivity contribution < 1.29 is 90.6 Å². The van der Waals surface area contributed by atoms with Crippen LogP contribution in [0.2, 0.25) is 0 Å². The number of carbonyl (C=O) groups excluding carboxylic acids is 10. The molecule has 31 heteroatoms. The lowest BCUT2D eigenvalue weighted by Crippen LogP contribution is -2.50. The van der Waals surface area contributed by atoms with E-state index in [1.807, 2.05) is 0 Å². The quantitative estimate of drug-likeness (QED) is 0.0177. The van der Waals surface area contributed by atoms with Crippen LogP contribution in [0.1, 0.15) is 78.5 Å². The summed E-state index contributed by atoms with van der Waals surface area (Å²) in [4.78, 5) is 147. The van der Waals surface area contributed by atoms with Gasteiger partial charge in [0.2, 0.25) is 53.2 Å². The monoisotopic (exact) mass is 1240 g/mol. The van der Waals surface area contributed by atoms with Gasteiger partial charge in [-0.25, -0.2) is 18.6 Å². The van der Waals surface area contributed by atoms with Crippen molar-refractivity contribution in [1.29, 1.82) is 0 Å². The summed E-state index contributed by atoms with van der Waals surface area (Å²) in [5, 5.41) is 38.8. The van der Waals surface area contributed by atoms with Gasteiger partial charge < -0.3 is 85.5 Å². The zero-order valence-electron chi connectivity index (χ0n) is 48.6. The van der Waals surface area contributed by atoms with Crippen molar-refractivity contribution >= 4 is 70.0 Å². The van der Waals surface area contributed by atoms with E-state index in [0.717, 1.165) is 4.90 Å². The maximum absolute atomic E-state index is 15.5. The number of cyclic esters (lactones) is 1. The summed E-state index contributed by atoms with van der Waals surface area (Å²) in [6, 6.07) is 0.695. The summed E-state index contributed by atoms with van der Waals surface area (Å²) in [7, 11) is 0. The van der Waals surface area contributed by atoms with Crippen molar-refractivity contribution in [1.82, 2.24) is 56.6 Å². The second-order valence-corrected chi connectivity index (χ2v) is 21.3. The number of fused-ring (bicyclic) bond motifs is 5. The number of hydrogen-bond donors (Lipinski definition) is 9. The molecule has 5 atom stereocenters. The first kappa shape index (κ1) is 65.6. The minimum Gasteiger partial charge on any atom is -0.458 e. The molecule has 1 saturated heterocycles. The molecule has 0 saturated carbocycles. The highest BCUT2D eigenvalue weighted by atomic mass is 19.1. The number of halogens is 2. The number of likely N-dealkylation sites (tertiary alicyclic amines) is 1. The number of nitrogens with zero attached hydrogens (tertiary/aromatic N) is 4. The fourth-order valence-corrected chi connectivity index (χ4v) is 10.8. The molecule has 2 aromatic heterocycles. The van der Waals surface area contributed by atoms with Crippen LogP contribution in [0.4, 0.5) is 8.78 Å². The number of rotatable bonds is 31. The van der Waals surface area contributed by atoms with Crippen LogP contribution >= 0.6 is 0 Å². The maximum atomic E-state index is 15.5. The Morgan fingerprint density at radius 3 is 1.97 bits per heavy atom. The highest BCUT2D eigenvalue weighted by Gasteiger charge is 2.47. The topological polar surface area (TPSA) is 383 Å². The van der Waals surface area contributed by atoms with Crippen molar-refractivity contribution in [2.45, 2.75) is 95.6 Å². The van der Waals surface area contributed by atoms with Gasteiger partial charge in [0.05, 0.1) is 127 Å². The Labute approximate surface area is 501 Å². The molecule has 0 bridgehead atoms. The number of esters is 1. The number of alkyl halides is 1. The second-order valence-electron chi connectivity index (χ2n) is 21.3. The molecular weight excluding hydrogens is 1160 g/mol. The van der Waals surface area contributed by atoms with Gasteiger partial charge in [0.25, 0.3) is 5.56 Å². The number of aryl methyl sites for hydroxylation is 1. The molecule has 1 fully saturated rings. The molecule has 0 spiro atoms. The lowest BCUT2D eigenvalue weighted by atomic mass is 9.81. The molecule has 476 valence electrons. The molecule has 9 amide bonds. The lowest BCUT2D eigenvalue weighted by Gasteiger charge is -2.32. The Morgan fingerprint density at radius 2 is 1.35 bits per heavy atom. The van der Waals surface area contributed by atoms with E-state index in [2.05, 4.69) is 37.2 Å². The molecule has 29 nitrogen and oxygen atoms in total. The van der Waals surface area contributed by atoms with Crippen LogP contribution in [0.3, 0.4) is 0 Å². The Bertz CT molecular complexity index is 3310. The minimum atomic E-state index is -2.10. The molecule has 6 heterocycles. The predicted molar refractivity (Wildman–Crippen MR) is 301 cm³/mol. The molecule has 9 N–H and O–H groups in total. The Morgan fingerprint density at radius 1 is 0.761 bits per heavy atom. The average molecular weight is 1240 g/mol. The van der Waals surface area contributed by atoms with E-state index >= 15 is 8.78 Å². The molecule has 1 unspecified atom stereocenters. The second kappa shape index (κ2) is 30.0. The van der Waals surface area contributed by atoms with Gasteiger partial charge in [-0.2, -0.15) is 0 Å². The van der Waals surface area contributed by atoms with Gasteiger partial charge in [0.1, 0.15) is 30.9 Å². The van der Waals surface area contributed by atoms with E-state index in [4.69, 9.17) is 28.7 Å². The summed E-state index contributed by atoms with van der Waals surface area (Å²) in [6.07, 6.45) is 0.1000. The van der Waals surface area contributed by atoms with Crippen molar-refractivity contribution in [2.75, 3.05) is 105 Å². The van der Waals surface area contributed by atoms with Gasteiger partial charge in [-0.15, -0.1) is 0 Å². The fraction of sp³-hybridized carbons (Fsp3) is 0.544. The number of pyridine rings is 2. The molecule has 88 heavy (non-hydrogen) atoms. The van der Waals surface area contributed by atoms with Crippen LogP contribution < -0.4 is 42.8 Å². The highest BCUT2D eigenvalue weighted by Crippen LogP contribution is 2.46. The number of aromatic nitrogens is 2. The van der Waals surface area contributed by atoms with Gasteiger partial charge in [0, 0.05) is 61.0 Å². The van der Waals surface area contributed by atoms with E-state index in [1.54, 1.807) is 13.8 Å². The summed E-state index contributed by atoms with van der Waals surface area (Å²) in [5.41, 5.74) is 0.472. The molecular formula is C57H71F2N11O18. The predicted octanol–water partition coefficient (Wildman–Crippen LogP) is -3.17. The van der Waals surface area contributed by atoms with Crippen LogP contribution in [0.5, 0.6) is 0 Å². The first-order valence-electron chi connectivity index (χ1n) is 28.8. The van der Waals surface area contributed by atoms with E-state index in [-0.39, 0.29) is 131 Å². The maximum Gasteiger partial charge on any atom is 0.343 e. The smallest absolute Gasteiger partial charge is 0.343 e. The number of nitrogens with one attached hydrogen (secondary N) is 7. The summed E-state index contributed by atoms with van der Waals surface area (Å²) in [5.74, 6) is -7.13. The Kier molecular flexibility index (Phi) is 22.4. The number of amides is 9. The SMILES string of the molecule is CC[C@]1(O)C(=O)OCc2c1cc1n(c2=O)Cc2c-1nc1cc(F)c(C)c3c1c2[C@H](NC(=O)[C@@H]1C[C@@H](F)CN1C(=O)CNC(=O)CNC(=O)CNC(=O)CNC(=O)CNC(=O)CCOCCOCCOCCOCCNC(=O)CCN1C(=O)C=CC1O)CC3. The molecule has 4 aliphatic heterocycles. The van der Waals surface area contributed by atoms with Gasteiger partial charge in [-0.05, 0) is 55.0 Å². The van der Waals surface area contributed by atoms with Crippen LogP contribution in [-0.4, -0.2) is 212 Å². The van der Waals surface area contributed by atoms with Crippen molar-refractivity contribution in [3.63, 3.8) is 0 Å². The number of hydrogen-bond acceptors (Lipinski definition) is 19. The normalized spacial score (nSPS) is 19.6. The molecule has 8 rings (SSSR count). The van der Waals surface area contributed by atoms with E-state index in [1.165, 1.54) is 33.8 Å². The van der Waals surface area contributed by atoms with Crippen LogP contribution in [0, 0.1) is 12.7 Å². The molecule has 3 aromatic rings. The highest BCUT2D eigenvalue weighted by molar-refractivity contribution is 5.96. The van der Waals surface area contributed by atoms with Crippen molar-refractivity contribution in [2.24, 2.45) is 0 Å². The number of carbonyl (C=O) groups is 10. The fourth-order valence-electron chi connectivity index (χ4n) is 10.8. The summed E-state index contributed by atoms with van der Waals surface area (Å²) >= 11 is 0. The number of aliphatic hydroxyl groups is 2. The number of ether oxygens (including phenoxy) is 5. The van der Waals surface area contributed by atoms with E-state index < -0.39 is 128 Å². The molecule has 0 radical (unpaired) electrons. The summed E-state index contributed by atoms with van der Waals surface area (Å²) < 4.78 is 58.8. The minimum absolute atomic E-state index is 0.0243. The summed E-state index contributed by atoms with van der Waals surface area (Å²) in [6.45, 7) is 1.76. The molecule has 1 aliphatic carbocycles. The lowest BCUT2D eigenvalue weighted by molar-refractivity contribution is -0.172. The van der Waals surface area contributed by atoms with Crippen LogP contribution in [0.15, 0.2) is 29.1 Å². The van der Waals surface area contributed by atoms with Gasteiger partial charge in [0.15, 0.2) is 5.60 Å². The average Bonchev–Trinajstić information content (AvgIpc) is 1.46. The molecule has 1 aromatic carbocycles. The van der Waals surface area contributed by atoms with Gasteiger partial charge in [-0.1, -0.05) is 6.92 Å². The largest absolute Gasteiger partial charge is 0.458 e. The third-order valence-electron chi connectivity index (χ3n) is 15.5. The molecule has 5 aliphatic rings. The standard InChI is InChI=1S/C57H71F2N11O18/c1-3-57(83)36-21-40-53-34(29-70(40)55(81)35(36)30-88-56(57)82)52-38(5-4-33-31(2)37(59)22-39(66-53)51(33)52)67-54(80)41-20-32(58)28-69(41)50(79)27-65-47(76)26-64-46(75)25-63-45(74)24-62-44(73)23-61-43(72)9-12-84-14-16-86-18-19-87-17-15-85-13-10-60-42(71)8-11-68-48(77)6-7-49(68)78/h6-7,21-22,32,38,41,48,77,83H,3-5,8-20,23-30H2,1-2H3,(H,60,71)(H,61,72)(H,62,73)(H,63,74)(H,64,75)(H,65,76)(H,67,80)/t32-,38-,41+,48?,57-/m1/s1. The van der Waals surface area contributed by atoms with Crippen molar-refractivity contribution in [3.8, 4) is 11.4 Å². The third-order valence-corrected chi connectivity index (χ3v) is 15.5. The first-order chi connectivity index (χ1) is 42.2. The number of aliphatic hydroxyl groups excluding tert-OH is 1. The zero-order chi connectivity index (χ0) is 63.2. The van der Waals surface area contributed by atoms with E-state index in [0.29, 0.717) is 53.9 Å². The van der Waals surface area contributed by atoms with Gasteiger partial charge >= 0.3 is 5.97 Å².